The summed E-state index contributed by atoms with van der Waals surface area (Å²) in [5.41, 5.74) is 16.8. The first-order valence-electron chi connectivity index (χ1n) is 11.8. The van der Waals surface area contributed by atoms with E-state index in [1.807, 2.05) is 0 Å². The van der Waals surface area contributed by atoms with Gasteiger partial charge in [-0.15, -0.1) is 0 Å². The lowest BCUT2D eigenvalue weighted by Gasteiger charge is -2.26. The van der Waals surface area contributed by atoms with Gasteiger partial charge in [0.25, 0.3) is 0 Å². The molecule has 0 saturated heterocycles. The van der Waals surface area contributed by atoms with Crippen molar-refractivity contribution in [2.75, 3.05) is 0 Å². The third kappa shape index (κ3) is 11.5. The highest BCUT2D eigenvalue weighted by Gasteiger charge is 2.31. The fourth-order valence-electron chi connectivity index (χ4n) is 3.36. The minimum atomic E-state index is -1.31. The molecule has 5 amide bonds. The average Bonchev–Trinajstić information content (AvgIpc) is 2.82. The zero-order valence-corrected chi connectivity index (χ0v) is 20.9. The number of nitrogens with two attached hydrogens (primary N) is 3. The molecule has 0 heterocycles. The molecule has 0 saturated carbocycles. The number of nitrogens with one attached hydrogen (secondary N) is 3. The van der Waals surface area contributed by atoms with Gasteiger partial charge in [-0.25, -0.2) is 4.79 Å². The number of rotatable bonds is 16. The van der Waals surface area contributed by atoms with Gasteiger partial charge in [0.05, 0.1) is 6.04 Å². The Bertz CT molecular complexity index is 970. The van der Waals surface area contributed by atoms with Gasteiger partial charge in [-0.2, -0.15) is 0 Å². The molecule has 0 aliphatic rings. The van der Waals surface area contributed by atoms with Gasteiger partial charge in [-0.3, -0.25) is 24.0 Å². The van der Waals surface area contributed by atoms with Crippen molar-refractivity contribution in [3.8, 4) is 0 Å². The summed E-state index contributed by atoms with van der Waals surface area (Å²) in [7, 11) is 0. The fourth-order valence-corrected chi connectivity index (χ4v) is 3.36. The van der Waals surface area contributed by atoms with E-state index in [0.29, 0.717) is 5.56 Å². The van der Waals surface area contributed by atoms with Gasteiger partial charge in [0, 0.05) is 19.3 Å². The van der Waals surface area contributed by atoms with Crippen LogP contribution in [0.2, 0.25) is 0 Å². The summed E-state index contributed by atoms with van der Waals surface area (Å²) in [5, 5.41) is 16.8. The lowest BCUT2D eigenvalue weighted by molar-refractivity contribution is -0.143. The highest BCUT2D eigenvalue weighted by atomic mass is 16.4. The van der Waals surface area contributed by atoms with Crippen LogP contribution in [0.4, 0.5) is 0 Å². The number of primary amides is 2. The first-order chi connectivity index (χ1) is 17.3. The van der Waals surface area contributed by atoms with Crippen molar-refractivity contribution < 1.29 is 33.9 Å². The Balaban J connectivity index is 3.12. The third-order valence-corrected chi connectivity index (χ3v) is 5.50. The number of benzene rings is 1. The minimum absolute atomic E-state index is 0.0315. The third-order valence-electron chi connectivity index (χ3n) is 5.50. The van der Waals surface area contributed by atoms with Crippen LogP contribution in [-0.2, 0) is 35.2 Å². The van der Waals surface area contributed by atoms with Crippen molar-refractivity contribution in [2.24, 2.45) is 23.1 Å². The lowest BCUT2D eigenvalue weighted by Crippen LogP contribution is -2.58. The molecule has 204 valence electrons. The fraction of sp³-hybridized carbons (Fsp3) is 0.500. The van der Waals surface area contributed by atoms with Gasteiger partial charge in [0.15, 0.2) is 0 Å². The second-order valence-electron chi connectivity index (χ2n) is 9.00. The highest BCUT2D eigenvalue weighted by molar-refractivity contribution is 5.94. The SMILES string of the molecule is CC(C)C(NC(=O)C(CCC(N)=O)NC(=O)C(Cc1ccccc1)NC(=O)C(N)CCC(N)=O)C(=O)O. The molecule has 1 aromatic rings. The van der Waals surface area contributed by atoms with E-state index in [4.69, 9.17) is 17.2 Å². The van der Waals surface area contributed by atoms with Crippen molar-refractivity contribution in [2.45, 2.75) is 70.1 Å². The molecule has 0 aliphatic carbocycles. The summed E-state index contributed by atoms with van der Waals surface area (Å²) in [6.45, 7) is 3.20. The number of carbonyl (C=O) groups is 6. The van der Waals surface area contributed by atoms with Crippen molar-refractivity contribution >= 4 is 35.5 Å². The van der Waals surface area contributed by atoms with E-state index in [0.717, 1.165) is 0 Å². The van der Waals surface area contributed by atoms with Crippen LogP contribution in [0.1, 0.15) is 45.1 Å². The topological polar surface area (TPSA) is 237 Å². The van der Waals surface area contributed by atoms with E-state index in [9.17, 15) is 33.9 Å². The van der Waals surface area contributed by atoms with Crippen LogP contribution in [0, 0.1) is 5.92 Å². The van der Waals surface area contributed by atoms with E-state index in [2.05, 4.69) is 16.0 Å². The second kappa shape index (κ2) is 15.2. The van der Waals surface area contributed by atoms with Gasteiger partial charge < -0.3 is 38.3 Å². The van der Waals surface area contributed by atoms with Crippen LogP contribution < -0.4 is 33.2 Å². The van der Waals surface area contributed by atoms with Crippen LogP contribution in [-0.4, -0.2) is 64.8 Å². The molecule has 13 heteroatoms. The quantitative estimate of drug-likeness (QED) is 0.132. The van der Waals surface area contributed by atoms with Crippen molar-refractivity contribution in [3.05, 3.63) is 35.9 Å². The molecule has 0 aliphatic heterocycles. The molecule has 0 bridgehead atoms. The standard InChI is InChI=1S/C24H36N6O7/c1-13(2)20(24(36)37)30-22(34)16(9-11-19(27)32)28-23(35)17(12-14-6-4-3-5-7-14)29-21(33)15(25)8-10-18(26)31/h3-7,13,15-17,20H,8-12,25H2,1-2H3,(H2,26,31)(H2,27,32)(H,28,35)(H,29,33)(H,30,34)(H,36,37). The number of carboxylic acid groups (broad SMARTS) is 1. The van der Waals surface area contributed by atoms with Gasteiger partial charge in [0.1, 0.15) is 18.1 Å². The maximum atomic E-state index is 13.2. The number of hydrogen-bond acceptors (Lipinski definition) is 7. The van der Waals surface area contributed by atoms with Crippen molar-refractivity contribution in [1.82, 2.24) is 16.0 Å². The van der Waals surface area contributed by atoms with Gasteiger partial charge in [0.2, 0.25) is 29.5 Å². The Labute approximate surface area is 214 Å². The summed E-state index contributed by atoms with van der Waals surface area (Å²) in [6, 6.07) is 3.89. The van der Waals surface area contributed by atoms with Crippen LogP contribution in [0.25, 0.3) is 0 Å². The summed E-state index contributed by atoms with van der Waals surface area (Å²) in [5.74, 6) is -5.37. The predicted molar refractivity (Wildman–Crippen MR) is 133 cm³/mol. The predicted octanol–water partition coefficient (Wildman–Crippen LogP) is -1.72. The molecular formula is C24H36N6O7. The number of hydrogen-bond donors (Lipinski definition) is 7. The van der Waals surface area contributed by atoms with E-state index >= 15 is 0 Å². The molecule has 13 nitrogen and oxygen atoms in total. The summed E-state index contributed by atoms with van der Waals surface area (Å²) in [6.07, 6.45) is -0.571. The number of amides is 5. The largest absolute Gasteiger partial charge is 0.480 e. The van der Waals surface area contributed by atoms with Crippen LogP contribution in [0.5, 0.6) is 0 Å². The normalized spacial score (nSPS) is 14.1. The first-order valence-corrected chi connectivity index (χ1v) is 11.8. The molecule has 37 heavy (non-hydrogen) atoms. The monoisotopic (exact) mass is 520 g/mol. The summed E-state index contributed by atoms with van der Waals surface area (Å²) in [4.78, 5) is 72.6. The van der Waals surface area contributed by atoms with Crippen molar-refractivity contribution in [1.29, 1.82) is 0 Å². The zero-order chi connectivity index (χ0) is 28.1. The summed E-state index contributed by atoms with van der Waals surface area (Å²) >= 11 is 0. The molecule has 1 rings (SSSR count). The van der Waals surface area contributed by atoms with Gasteiger partial charge in [-0.1, -0.05) is 44.2 Å². The van der Waals surface area contributed by atoms with Gasteiger partial charge in [-0.05, 0) is 24.3 Å². The molecule has 0 fully saturated rings. The molecule has 10 N–H and O–H groups in total. The molecule has 4 atom stereocenters. The molecular weight excluding hydrogens is 484 g/mol. The van der Waals surface area contributed by atoms with E-state index in [1.54, 1.807) is 44.2 Å². The van der Waals surface area contributed by atoms with E-state index < -0.39 is 65.6 Å². The number of aliphatic carboxylic acids is 1. The second-order valence-corrected chi connectivity index (χ2v) is 9.00. The van der Waals surface area contributed by atoms with Crippen LogP contribution in [0.15, 0.2) is 30.3 Å². The van der Waals surface area contributed by atoms with Crippen LogP contribution >= 0.6 is 0 Å². The zero-order valence-electron chi connectivity index (χ0n) is 20.9. The first kappa shape index (κ1) is 31.0. The molecule has 0 spiro atoms. The maximum Gasteiger partial charge on any atom is 0.326 e. The highest BCUT2D eigenvalue weighted by Crippen LogP contribution is 2.08. The van der Waals surface area contributed by atoms with Crippen molar-refractivity contribution in [3.63, 3.8) is 0 Å². The van der Waals surface area contributed by atoms with E-state index in [1.165, 1.54) is 0 Å². The van der Waals surface area contributed by atoms with E-state index in [-0.39, 0.29) is 32.1 Å². The molecule has 0 aromatic heterocycles. The molecule has 0 radical (unpaired) electrons. The maximum absolute atomic E-state index is 13.2. The minimum Gasteiger partial charge on any atom is -0.480 e. The number of carbonyl (C=O) groups excluding carboxylic acids is 5. The number of carboxylic acids is 1. The Kier molecular flexibility index (Phi) is 12.7. The Morgan fingerprint density at radius 3 is 1.81 bits per heavy atom. The smallest absolute Gasteiger partial charge is 0.326 e. The molecule has 4 unspecified atom stereocenters. The molecule has 1 aromatic carbocycles. The Hall–Kier alpha value is -4.00. The Morgan fingerprint density at radius 1 is 0.784 bits per heavy atom. The van der Waals surface area contributed by atoms with Crippen LogP contribution in [0.3, 0.4) is 0 Å². The Morgan fingerprint density at radius 2 is 1.30 bits per heavy atom. The summed E-state index contributed by atoms with van der Waals surface area (Å²) < 4.78 is 0. The average molecular weight is 521 g/mol. The van der Waals surface area contributed by atoms with Gasteiger partial charge >= 0.3 is 5.97 Å². The lowest BCUT2D eigenvalue weighted by atomic mass is 10.0.